The van der Waals surface area contributed by atoms with E-state index in [1.54, 1.807) is 0 Å². The van der Waals surface area contributed by atoms with Gasteiger partial charge in [-0.1, -0.05) is 19.1 Å². The maximum atomic E-state index is 12.2. The van der Waals surface area contributed by atoms with Gasteiger partial charge in [0.25, 0.3) is 0 Å². The molecule has 1 aliphatic carbocycles. The van der Waals surface area contributed by atoms with Crippen LogP contribution in [-0.4, -0.2) is 34.6 Å². The molecule has 0 aromatic rings. The minimum absolute atomic E-state index is 0.138. The van der Waals surface area contributed by atoms with Crippen molar-refractivity contribution in [2.24, 2.45) is 5.92 Å². The fraction of sp³-hybridized carbons (Fsp3) is 0.769. The lowest BCUT2D eigenvalue weighted by molar-refractivity contribution is -0.142. The van der Waals surface area contributed by atoms with Crippen molar-refractivity contribution in [3.63, 3.8) is 0 Å². The average Bonchev–Trinajstić information content (AvgIpc) is 2.82. The van der Waals surface area contributed by atoms with Crippen LogP contribution in [0, 0.1) is 5.92 Å². The number of allylic oxidation sites excluding steroid dienone is 2. The van der Waals surface area contributed by atoms with Gasteiger partial charge in [0, 0.05) is 19.0 Å². The number of nitrogens with zero attached hydrogens (tertiary/aromatic N) is 1. The Morgan fingerprint density at radius 3 is 2.81 bits per heavy atom. The molecule has 0 unspecified atom stereocenters. The predicted octanol–water partition coefficient (Wildman–Crippen LogP) is 1.72. The Morgan fingerprint density at radius 2 is 2.19 bits per heavy atom. The Labute approximate surface area is 97.1 Å². The van der Waals surface area contributed by atoms with Gasteiger partial charge in [0.1, 0.15) is 0 Å². The molecule has 0 aromatic heterocycles. The molecule has 1 saturated heterocycles. The van der Waals surface area contributed by atoms with E-state index in [4.69, 9.17) is 0 Å². The molecule has 2 rings (SSSR count). The van der Waals surface area contributed by atoms with Gasteiger partial charge in [-0.15, -0.1) is 0 Å². The molecule has 0 aromatic carbocycles. The first-order chi connectivity index (χ1) is 7.64. The maximum absolute atomic E-state index is 12.2. The summed E-state index contributed by atoms with van der Waals surface area (Å²) in [5.41, 5.74) is -0.639. The molecule has 0 radical (unpaired) electrons. The van der Waals surface area contributed by atoms with Crippen LogP contribution in [0.3, 0.4) is 0 Å². The van der Waals surface area contributed by atoms with Crippen LogP contribution in [0.2, 0.25) is 0 Å². The van der Waals surface area contributed by atoms with Gasteiger partial charge < -0.3 is 10.0 Å². The molecule has 1 aliphatic heterocycles. The van der Waals surface area contributed by atoms with Gasteiger partial charge in [0.2, 0.25) is 5.91 Å². The second kappa shape index (κ2) is 4.58. The molecule has 1 heterocycles. The summed E-state index contributed by atoms with van der Waals surface area (Å²) in [4.78, 5) is 14.0. The highest BCUT2D eigenvalue weighted by Gasteiger charge is 2.35. The highest BCUT2D eigenvalue weighted by Crippen LogP contribution is 2.27. The van der Waals surface area contributed by atoms with Crippen molar-refractivity contribution in [1.29, 1.82) is 0 Å². The summed E-state index contributed by atoms with van der Waals surface area (Å²) in [6.07, 6.45) is 8.41. The van der Waals surface area contributed by atoms with E-state index in [0.717, 1.165) is 38.6 Å². The van der Waals surface area contributed by atoms with Crippen LogP contribution in [0.4, 0.5) is 0 Å². The van der Waals surface area contributed by atoms with Crippen molar-refractivity contribution in [1.82, 2.24) is 4.90 Å². The van der Waals surface area contributed by atoms with Crippen LogP contribution >= 0.6 is 0 Å². The van der Waals surface area contributed by atoms with E-state index in [1.807, 2.05) is 11.8 Å². The molecule has 90 valence electrons. The standard InChI is InChI=1S/C13H21NO2/c1-2-13(16)8-5-9-14(10-13)12(15)11-6-3-4-7-11/h3-4,11,16H,2,5-10H2,1H3/t13-/m0/s1. The van der Waals surface area contributed by atoms with Crippen molar-refractivity contribution >= 4 is 5.91 Å². The Bertz CT molecular complexity index is 292. The summed E-state index contributed by atoms with van der Waals surface area (Å²) in [6, 6.07) is 0. The second-order valence-corrected chi connectivity index (χ2v) is 5.08. The van der Waals surface area contributed by atoms with Gasteiger partial charge in [-0.2, -0.15) is 0 Å². The van der Waals surface area contributed by atoms with Gasteiger partial charge in [0.05, 0.1) is 5.60 Å². The Balaban J connectivity index is 1.96. The number of aliphatic hydroxyl groups is 1. The zero-order chi connectivity index (χ0) is 11.6. The molecule has 3 heteroatoms. The third kappa shape index (κ3) is 2.29. The monoisotopic (exact) mass is 223 g/mol. The molecule has 16 heavy (non-hydrogen) atoms. The minimum atomic E-state index is -0.639. The topological polar surface area (TPSA) is 40.5 Å². The summed E-state index contributed by atoms with van der Waals surface area (Å²) in [7, 11) is 0. The maximum Gasteiger partial charge on any atom is 0.226 e. The smallest absolute Gasteiger partial charge is 0.226 e. The first-order valence-corrected chi connectivity index (χ1v) is 6.31. The van der Waals surface area contributed by atoms with Crippen LogP contribution in [0.15, 0.2) is 12.2 Å². The van der Waals surface area contributed by atoms with E-state index in [0.29, 0.717) is 6.54 Å². The van der Waals surface area contributed by atoms with Gasteiger partial charge in [-0.3, -0.25) is 4.79 Å². The fourth-order valence-corrected chi connectivity index (χ4v) is 2.67. The Kier molecular flexibility index (Phi) is 3.33. The van der Waals surface area contributed by atoms with Crippen molar-refractivity contribution in [3.05, 3.63) is 12.2 Å². The third-order valence-electron chi connectivity index (χ3n) is 3.88. The molecule has 0 saturated carbocycles. The number of rotatable bonds is 2. The van der Waals surface area contributed by atoms with Gasteiger partial charge in [-0.05, 0) is 32.1 Å². The van der Waals surface area contributed by atoms with E-state index in [-0.39, 0.29) is 11.8 Å². The van der Waals surface area contributed by atoms with Crippen LogP contribution in [0.25, 0.3) is 0 Å². The Hall–Kier alpha value is -0.830. The van der Waals surface area contributed by atoms with Crippen LogP contribution in [0.1, 0.15) is 39.0 Å². The summed E-state index contributed by atoms with van der Waals surface area (Å²) in [5.74, 6) is 0.371. The van der Waals surface area contributed by atoms with Crippen LogP contribution in [0.5, 0.6) is 0 Å². The highest BCUT2D eigenvalue weighted by atomic mass is 16.3. The molecule has 3 nitrogen and oxygen atoms in total. The van der Waals surface area contributed by atoms with Crippen LogP contribution in [-0.2, 0) is 4.79 Å². The predicted molar refractivity (Wildman–Crippen MR) is 62.9 cm³/mol. The van der Waals surface area contributed by atoms with Gasteiger partial charge in [-0.25, -0.2) is 0 Å². The van der Waals surface area contributed by atoms with E-state index >= 15 is 0 Å². The minimum Gasteiger partial charge on any atom is -0.388 e. The highest BCUT2D eigenvalue weighted by molar-refractivity contribution is 5.79. The van der Waals surface area contributed by atoms with Crippen molar-refractivity contribution in [2.75, 3.05) is 13.1 Å². The molecular weight excluding hydrogens is 202 g/mol. The molecule has 0 bridgehead atoms. The fourth-order valence-electron chi connectivity index (χ4n) is 2.67. The van der Waals surface area contributed by atoms with Crippen LogP contribution < -0.4 is 0 Å². The first kappa shape index (κ1) is 11.6. The number of carbonyl (C=O) groups is 1. The zero-order valence-corrected chi connectivity index (χ0v) is 9.98. The largest absolute Gasteiger partial charge is 0.388 e. The normalized spacial score (nSPS) is 31.0. The third-order valence-corrected chi connectivity index (χ3v) is 3.88. The number of piperidine rings is 1. The number of hydrogen-bond donors (Lipinski definition) is 1. The zero-order valence-electron chi connectivity index (χ0n) is 9.98. The number of carbonyl (C=O) groups excluding carboxylic acids is 1. The SMILES string of the molecule is CC[C@]1(O)CCCN(C(=O)C2CC=CC2)C1. The van der Waals surface area contributed by atoms with E-state index in [1.165, 1.54) is 0 Å². The van der Waals surface area contributed by atoms with Crippen molar-refractivity contribution in [3.8, 4) is 0 Å². The summed E-state index contributed by atoms with van der Waals surface area (Å²) in [5, 5.41) is 10.2. The number of β-amino-alcohol motifs (C(OH)–C–C–N with tert-alkyl or cyclic N) is 1. The number of amides is 1. The molecule has 1 atom stereocenters. The van der Waals surface area contributed by atoms with Gasteiger partial charge >= 0.3 is 0 Å². The molecule has 2 aliphatic rings. The Morgan fingerprint density at radius 1 is 1.50 bits per heavy atom. The summed E-state index contributed by atoms with van der Waals surface area (Å²) < 4.78 is 0. The van der Waals surface area contributed by atoms with Gasteiger partial charge in [0.15, 0.2) is 0 Å². The molecular formula is C13H21NO2. The average molecular weight is 223 g/mol. The second-order valence-electron chi connectivity index (χ2n) is 5.08. The first-order valence-electron chi connectivity index (χ1n) is 6.31. The molecule has 0 spiro atoms. The number of likely N-dealkylation sites (tertiary alicyclic amines) is 1. The van der Waals surface area contributed by atoms with E-state index < -0.39 is 5.60 Å². The molecule has 1 amide bonds. The van der Waals surface area contributed by atoms with Crippen molar-refractivity contribution in [2.45, 2.75) is 44.6 Å². The quantitative estimate of drug-likeness (QED) is 0.724. The molecule has 1 N–H and O–H groups in total. The van der Waals surface area contributed by atoms with E-state index in [9.17, 15) is 9.90 Å². The lowest BCUT2D eigenvalue weighted by Gasteiger charge is -2.39. The van der Waals surface area contributed by atoms with Crippen molar-refractivity contribution < 1.29 is 9.90 Å². The number of hydrogen-bond acceptors (Lipinski definition) is 2. The summed E-state index contributed by atoms with van der Waals surface area (Å²) in [6.45, 7) is 3.33. The lowest BCUT2D eigenvalue weighted by Crippen LogP contribution is -2.51. The summed E-state index contributed by atoms with van der Waals surface area (Å²) >= 11 is 0. The lowest BCUT2D eigenvalue weighted by atomic mass is 9.89. The van der Waals surface area contributed by atoms with E-state index in [2.05, 4.69) is 12.2 Å². The molecule has 1 fully saturated rings.